The van der Waals surface area contributed by atoms with Crippen LogP contribution in [0.2, 0.25) is 29.7 Å². The number of phenols is 1. The van der Waals surface area contributed by atoms with E-state index in [2.05, 4.69) is 31.1 Å². The van der Waals surface area contributed by atoms with Gasteiger partial charge >= 0.3 is 0 Å². The van der Waals surface area contributed by atoms with Crippen molar-refractivity contribution in [1.82, 2.24) is 0 Å². The molecule has 1 aromatic carbocycles. The molecule has 0 fully saturated rings. The summed E-state index contributed by atoms with van der Waals surface area (Å²) in [6.07, 6.45) is 0. The smallest absolute Gasteiger partial charge is 0.135 e. The van der Waals surface area contributed by atoms with Crippen LogP contribution in [-0.2, 0) is 0 Å². The second kappa shape index (κ2) is 4.48. The van der Waals surface area contributed by atoms with Gasteiger partial charge < -0.3 is 5.11 Å². The Morgan fingerprint density at radius 1 is 1.13 bits per heavy atom. The number of rotatable bonds is 0. The van der Waals surface area contributed by atoms with Crippen LogP contribution in [0.4, 0.5) is 0 Å². The van der Waals surface area contributed by atoms with Gasteiger partial charge in [-0.1, -0.05) is 48.8 Å². The first kappa shape index (κ1) is 12.4. The summed E-state index contributed by atoms with van der Waals surface area (Å²) in [7, 11) is -1.42. The third-order valence-corrected chi connectivity index (χ3v) is 3.38. The van der Waals surface area contributed by atoms with Crippen molar-refractivity contribution in [3.05, 3.63) is 27.7 Å². The number of aromatic hydroxyl groups is 1. The Morgan fingerprint density at radius 3 is 2.27 bits per heavy atom. The van der Waals surface area contributed by atoms with Crippen molar-refractivity contribution < 1.29 is 5.11 Å². The van der Waals surface area contributed by atoms with E-state index in [0.717, 1.165) is 0 Å². The van der Waals surface area contributed by atoms with Gasteiger partial charge in [-0.15, -0.1) is 5.54 Å². The number of phenolic OH excluding ortho intramolecular Hbond substituents is 1. The molecule has 1 nitrogen and oxygen atoms in total. The number of hydrogen-bond donors (Lipinski definition) is 1. The van der Waals surface area contributed by atoms with Crippen molar-refractivity contribution in [2.75, 3.05) is 0 Å². The normalized spacial score (nSPS) is 10.7. The average molecular weight is 259 g/mol. The molecule has 0 heterocycles. The van der Waals surface area contributed by atoms with Crippen molar-refractivity contribution >= 4 is 31.3 Å². The Morgan fingerprint density at radius 2 is 1.73 bits per heavy atom. The zero-order valence-electron chi connectivity index (χ0n) is 8.86. The minimum Gasteiger partial charge on any atom is -0.506 e. The molecule has 1 rings (SSSR count). The lowest BCUT2D eigenvalue weighted by Crippen LogP contribution is -2.16. The molecular weight excluding hydrogens is 247 g/mol. The van der Waals surface area contributed by atoms with E-state index >= 15 is 0 Å². The number of halogens is 2. The van der Waals surface area contributed by atoms with Gasteiger partial charge in [-0.3, -0.25) is 0 Å². The lowest BCUT2D eigenvalue weighted by atomic mass is 10.2. The fourth-order valence-electron chi connectivity index (χ4n) is 0.891. The minimum absolute atomic E-state index is 0.0137. The van der Waals surface area contributed by atoms with Crippen LogP contribution in [0.5, 0.6) is 5.75 Å². The molecular formula is C11H12Cl2OSi. The zero-order valence-corrected chi connectivity index (χ0v) is 11.4. The predicted molar refractivity (Wildman–Crippen MR) is 68.4 cm³/mol. The van der Waals surface area contributed by atoms with Crippen LogP contribution in [0.3, 0.4) is 0 Å². The van der Waals surface area contributed by atoms with Gasteiger partial charge in [0.25, 0.3) is 0 Å². The summed E-state index contributed by atoms with van der Waals surface area (Å²) in [6.45, 7) is 6.45. The topological polar surface area (TPSA) is 20.2 Å². The van der Waals surface area contributed by atoms with E-state index in [-0.39, 0.29) is 10.8 Å². The molecule has 0 aromatic heterocycles. The highest BCUT2D eigenvalue weighted by molar-refractivity contribution is 6.83. The highest BCUT2D eigenvalue weighted by atomic mass is 35.5. The summed E-state index contributed by atoms with van der Waals surface area (Å²) in [6, 6.07) is 3.18. The average Bonchev–Trinajstić information content (AvgIpc) is 2.12. The van der Waals surface area contributed by atoms with Gasteiger partial charge in [-0.05, 0) is 12.1 Å². The van der Waals surface area contributed by atoms with Crippen molar-refractivity contribution in [2.24, 2.45) is 0 Å². The molecule has 0 amide bonds. The monoisotopic (exact) mass is 258 g/mol. The lowest BCUT2D eigenvalue weighted by molar-refractivity contribution is 0.475. The Balaban J connectivity index is 3.17. The Kier molecular flexibility index (Phi) is 3.72. The molecule has 0 saturated carbocycles. The van der Waals surface area contributed by atoms with E-state index in [0.29, 0.717) is 10.6 Å². The molecule has 0 spiro atoms. The summed E-state index contributed by atoms with van der Waals surface area (Å²) in [5.74, 6) is 2.99. The molecule has 0 saturated heterocycles. The maximum absolute atomic E-state index is 9.30. The second-order valence-corrected chi connectivity index (χ2v) is 9.77. The first-order valence-corrected chi connectivity index (χ1v) is 8.77. The van der Waals surface area contributed by atoms with Gasteiger partial charge in [0.2, 0.25) is 0 Å². The van der Waals surface area contributed by atoms with Crippen LogP contribution in [0.25, 0.3) is 0 Å². The summed E-state index contributed by atoms with van der Waals surface area (Å²) in [5.41, 5.74) is 3.86. The van der Waals surface area contributed by atoms with Crippen molar-refractivity contribution in [3.63, 3.8) is 0 Å². The SMILES string of the molecule is C[Si](C)(C)C#Cc1ccc(O)c(Cl)c1Cl. The molecule has 1 aromatic rings. The number of hydrogen-bond acceptors (Lipinski definition) is 1. The molecule has 0 atom stereocenters. The fourth-order valence-corrected chi connectivity index (χ4v) is 1.77. The number of benzene rings is 1. The maximum Gasteiger partial charge on any atom is 0.135 e. The zero-order chi connectivity index (χ0) is 11.6. The van der Waals surface area contributed by atoms with Gasteiger partial charge in [-0.25, -0.2) is 0 Å². The van der Waals surface area contributed by atoms with Crippen LogP contribution < -0.4 is 0 Å². The molecule has 0 unspecified atom stereocenters. The summed E-state index contributed by atoms with van der Waals surface area (Å²) >= 11 is 11.7. The Bertz CT molecular complexity index is 438. The van der Waals surface area contributed by atoms with Crippen LogP contribution in [0.1, 0.15) is 5.56 Å². The molecule has 0 aliphatic carbocycles. The van der Waals surface area contributed by atoms with Gasteiger partial charge in [0.1, 0.15) is 18.8 Å². The molecule has 1 N–H and O–H groups in total. The summed E-state index contributed by atoms with van der Waals surface area (Å²) in [4.78, 5) is 0. The first-order chi connectivity index (χ1) is 6.81. The highest BCUT2D eigenvalue weighted by Crippen LogP contribution is 2.33. The van der Waals surface area contributed by atoms with Gasteiger partial charge in [0.15, 0.2) is 0 Å². The third kappa shape index (κ3) is 3.46. The van der Waals surface area contributed by atoms with Gasteiger partial charge in [0, 0.05) is 5.56 Å². The van der Waals surface area contributed by atoms with E-state index < -0.39 is 8.07 Å². The van der Waals surface area contributed by atoms with Crippen molar-refractivity contribution in [1.29, 1.82) is 0 Å². The van der Waals surface area contributed by atoms with E-state index in [4.69, 9.17) is 23.2 Å². The first-order valence-electron chi connectivity index (χ1n) is 4.51. The molecule has 80 valence electrons. The summed E-state index contributed by atoms with van der Waals surface area (Å²) < 4.78 is 0. The Labute approximate surface area is 101 Å². The molecule has 15 heavy (non-hydrogen) atoms. The summed E-state index contributed by atoms with van der Waals surface area (Å²) in [5, 5.41) is 9.78. The largest absolute Gasteiger partial charge is 0.506 e. The van der Waals surface area contributed by atoms with Crippen LogP contribution in [-0.4, -0.2) is 13.2 Å². The van der Waals surface area contributed by atoms with Crippen LogP contribution in [0, 0.1) is 11.5 Å². The van der Waals surface area contributed by atoms with Crippen molar-refractivity contribution in [3.8, 4) is 17.2 Å². The standard InChI is InChI=1S/C11H12Cl2OSi/c1-15(2,3)7-6-8-4-5-9(14)11(13)10(8)12/h4-5,14H,1-3H3. The maximum atomic E-state index is 9.30. The van der Waals surface area contributed by atoms with E-state index in [1.165, 1.54) is 6.07 Å². The quantitative estimate of drug-likeness (QED) is 0.553. The van der Waals surface area contributed by atoms with E-state index in [1.807, 2.05) is 0 Å². The van der Waals surface area contributed by atoms with E-state index in [9.17, 15) is 5.11 Å². The van der Waals surface area contributed by atoms with Gasteiger partial charge in [-0.2, -0.15) is 0 Å². The van der Waals surface area contributed by atoms with Gasteiger partial charge in [0.05, 0.1) is 5.02 Å². The second-order valence-electron chi connectivity index (χ2n) is 4.26. The fraction of sp³-hybridized carbons (Fsp3) is 0.273. The molecule has 0 aliphatic rings. The van der Waals surface area contributed by atoms with Crippen molar-refractivity contribution in [2.45, 2.75) is 19.6 Å². The predicted octanol–water partition coefficient (Wildman–Crippen LogP) is 3.93. The lowest BCUT2D eigenvalue weighted by Gasteiger charge is -2.05. The third-order valence-electron chi connectivity index (χ3n) is 1.63. The molecule has 4 heteroatoms. The Hall–Kier alpha value is -0.623. The molecule has 0 bridgehead atoms. The van der Waals surface area contributed by atoms with Crippen LogP contribution >= 0.6 is 23.2 Å². The molecule has 0 radical (unpaired) electrons. The molecule has 0 aliphatic heterocycles. The van der Waals surface area contributed by atoms with Crippen LogP contribution in [0.15, 0.2) is 12.1 Å². The minimum atomic E-state index is -1.42. The van der Waals surface area contributed by atoms with E-state index in [1.54, 1.807) is 6.07 Å². The highest BCUT2D eigenvalue weighted by Gasteiger charge is 2.10.